The Bertz CT molecular complexity index is 456. The molecule has 1 spiro atoms. The van der Waals surface area contributed by atoms with Gasteiger partial charge in [0.1, 0.15) is 0 Å². The fourth-order valence-electron chi connectivity index (χ4n) is 5.09. The van der Waals surface area contributed by atoms with Crippen molar-refractivity contribution < 1.29 is 15.0 Å². The zero-order valence-electron chi connectivity index (χ0n) is 15.2. The van der Waals surface area contributed by atoms with Crippen LogP contribution in [0.5, 0.6) is 0 Å². The molecule has 2 aliphatic carbocycles. The number of rotatable bonds is 6. The molecule has 0 aromatic rings. The second kappa shape index (κ2) is 7.38. The molecule has 2 aliphatic rings. The molecule has 0 aromatic heterocycles. The molecule has 0 heterocycles. The summed E-state index contributed by atoms with van der Waals surface area (Å²) in [6.45, 7) is 8.55. The molecule has 3 nitrogen and oxygen atoms in total. The quantitative estimate of drug-likeness (QED) is 0.700. The van der Waals surface area contributed by atoms with E-state index in [2.05, 4.69) is 19.9 Å². The summed E-state index contributed by atoms with van der Waals surface area (Å²) in [6, 6.07) is 0. The number of aliphatic carboxylic acids is 1. The maximum Gasteiger partial charge on any atom is 0.306 e. The monoisotopic (exact) mass is 322 g/mol. The van der Waals surface area contributed by atoms with Crippen LogP contribution >= 0.6 is 0 Å². The summed E-state index contributed by atoms with van der Waals surface area (Å²) < 4.78 is 0. The summed E-state index contributed by atoms with van der Waals surface area (Å²) in [5.41, 5.74) is 1.40. The molecule has 2 rings (SSSR count). The predicted molar refractivity (Wildman–Crippen MR) is 93.1 cm³/mol. The number of carbonyl (C=O) groups is 1. The Hall–Kier alpha value is -0.830. The minimum atomic E-state index is -0.681. The Morgan fingerprint density at radius 2 is 2.04 bits per heavy atom. The molecule has 1 saturated carbocycles. The maximum atomic E-state index is 10.9. The van der Waals surface area contributed by atoms with Crippen molar-refractivity contribution in [2.24, 2.45) is 29.1 Å². The molecule has 0 amide bonds. The Labute approximate surface area is 141 Å². The normalized spacial score (nSPS) is 36.7. The number of aliphatic hydroxyl groups is 1. The number of carboxylic acids is 1. The first kappa shape index (κ1) is 18.5. The van der Waals surface area contributed by atoms with Crippen molar-refractivity contribution >= 4 is 5.97 Å². The Balaban J connectivity index is 1.99. The zero-order valence-corrected chi connectivity index (χ0v) is 15.2. The van der Waals surface area contributed by atoms with Crippen molar-refractivity contribution in [3.05, 3.63) is 11.6 Å². The molecule has 0 aromatic carbocycles. The third-order valence-corrected chi connectivity index (χ3v) is 6.94. The fourth-order valence-corrected chi connectivity index (χ4v) is 5.09. The summed E-state index contributed by atoms with van der Waals surface area (Å²) in [5, 5.41) is 19.4. The number of aliphatic hydroxyl groups excluding tert-OH is 1. The summed E-state index contributed by atoms with van der Waals surface area (Å²) in [4.78, 5) is 10.9. The van der Waals surface area contributed by atoms with Gasteiger partial charge in [0.05, 0.1) is 12.0 Å². The van der Waals surface area contributed by atoms with Crippen LogP contribution < -0.4 is 0 Å². The van der Waals surface area contributed by atoms with Gasteiger partial charge in [0.2, 0.25) is 0 Å². The van der Waals surface area contributed by atoms with Gasteiger partial charge in [0.15, 0.2) is 0 Å². The third-order valence-electron chi connectivity index (χ3n) is 6.94. The van der Waals surface area contributed by atoms with Crippen LogP contribution in [0, 0.1) is 29.1 Å². The summed E-state index contributed by atoms with van der Waals surface area (Å²) >= 11 is 0. The van der Waals surface area contributed by atoms with E-state index in [-0.39, 0.29) is 17.4 Å². The minimum absolute atomic E-state index is 0.235. The number of carboxylic acid groups (broad SMARTS) is 1. The maximum absolute atomic E-state index is 10.9. The average molecular weight is 322 g/mol. The molecule has 23 heavy (non-hydrogen) atoms. The molecule has 2 N–H and O–H groups in total. The lowest BCUT2D eigenvalue weighted by Gasteiger charge is -2.45. The van der Waals surface area contributed by atoms with Crippen LogP contribution in [0.2, 0.25) is 0 Å². The zero-order chi connectivity index (χ0) is 17.2. The molecular formula is C20H34O3. The van der Waals surface area contributed by atoms with Crippen molar-refractivity contribution in [1.29, 1.82) is 0 Å². The summed E-state index contributed by atoms with van der Waals surface area (Å²) in [7, 11) is 0. The standard InChI is InChI=1S/C20H34O3/c1-13(6-5-7-15(3)19(22)23)17-9-8-16(4)20(17)11-10-14(2)18(21)12-20/h10,13,15-18,21H,5-9,11-12H2,1-4H3,(H,22,23). The van der Waals surface area contributed by atoms with Gasteiger partial charge >= 0.3 is 5.97 Å². The van der Waals surface area contributed by atoms with Gasteiger partial charge in [0.25, 0.3) is 0 Å². The second-order valence-electron chi connectivity index (χ2n) is 8.34. The predicted octanol–water partition coefficient (Wildman–Crippen LogP) is 4.65. The molecule has 1 fully saturated rings. The van der Waals surface area contributed by atoms with E-state index >= 15 is 0 Å². The van der Waals surface area contributed by atoms with Gasteiger partial charge in [-0.3, -0.25) is 4.79 Å². The lowest BCUT2D eigenvalue weighted by molar-refractivity contribution is -0.141. The first-order valence-corrected chi connectivity index (χ1v) is 9.35. The summed E-state index contributed by atoms with van der Waals surface area (Å²) in [6.07, 6.45) is 9.41. The van der Waals surface area contributed by atoms with Crippen molar-refractivity contribution in [2.75, 3.05) is 0 Å². The average Bonchev–Trinajstić information content (AvgIpc) is 2.80. The van der Waals surface area contributed by atoms with E-state index in [1.807, 2.05) is 6.92 Å². The number of hydrogen-bond acceptors (Lipinski definition) is 2. The van der Waals surface area contributed by atoms with E-state index in [0.29, 0.717) is 17.8 Å². The molecule has 0 bridgehead atoms. The van der Waals surface area contributed by atoms with E-state index < -0.39 is 5.97 Å². The van der Waals surface area contributed by atoms with Gasteiger partial charge in [-0.1, -0.05) is 39.7 Å². The van der Waals surface area contributed by atoms with Gasteiger partial charge in [-0.05, 0) is 67.8 Å². The summed E-state index contributed by atoms with van der Waals surface area (Å²) in [5.74, 6) is 1.03. The van der Waals surface area contributed by atoms with E-state index in [0.717, 1.165) is 37.7 Å². The molecular weight excluding hydrogens is 288 g/mol. The SMILES string of the molecule is CC1=CCC2(CC1O)C(C)CCC2C(C)CCCC(C)C(=O)O. The van der Waals surface area contributed by atoms with Crippen molar-refractivity contribution in [3.63, 3.8) is 0 Å². The van der Waals surface area contributed by atoms with Gasteiger partial charge in [-0.25, -0.2) is 0 Å². The molecule has 132 valence electrons. The molecule has 0 aliphatic heterocycles. The van der Waals surface area contributed by atoms with Gasteiger partial charge in [-0.2, -0.15) is 0 Å². The van der Waals surface area contributed by atoms with Crippen LogP contribution in [-0.2, 0) is 4.79 Å². The molecule has 6 atom stereocenters. The Kier molecular flexibility index (Phi) is 5.94. The Morgan fingerprint density at radius 3 is 2.65 bits per heavy atom. The fraction of sp³-hybridized carbons (Fsp3) is 0.850. The highest BCUT2D eigenvalue weighted by Crippen LogP contribution is 2.58. The van der Waals surface area contributed by atoms with Crippen LogP contribution in [0.1, 0.15) is 72.6 Å². The smallest absolute Gasteiger partial charge is 0.306 e. The molecule has 0 saturated heterocycles. The van der Waals surface area contributed by atoms with E-state index in [9.17, 15) is 9.90 Å². The topological polar surface area (TPSA) is 57.5 Å². The molecule has 3 heteroatoms. The number of allylic oxidation sites excluding steroid dienone is 1. The third kappa shape index (κ3) is 3.81. The highest BCUT2D eigenvalue weighted by atomic mass is 16.4. The number of hydrogen-bond donors (Lipinski definition) is 2. The van der Waals surface area contributed by atoms with Crippen LogP contribution in [-0.4, -0.2) is 22.3 Å². The first-order valence-electron chi connectivity index (χ1n) is 9.35. The van der Waals surface area contributed by atoms with Crippen LogP contribution in [0.3, 0.4) is 0 Å². The minimum Gasteiger partial charge on any atom is -0.481 e. The lowest BCUT2D eigenvalue weighted by Crippen LogP contribution is -2.40. The van der Waals surface area contributed by atoms with E-state index in [1.165, 1.54) is 12.8 Å². The van der Waals surface area contributed by atoms with E-state index in [1.54, 1.807) is 6.92 Å². The van der Waals surface area contributed by atoms with E-state index in [4.69, 9.17) is 5.11 Å². The lowest BCUT2D eigenvalue weighted by atomic mass is 9.60. The van der Waals surface area contributed by atoms with Gasteiger partial charge in [-0.15, -0.1) is 0 Å². The van der Waals surface area contributed by atoms with Crippen LogP contribution in [0.25, 0.3) is 0 Å². The van der Waals surface area contributed by atoms with Crippen LogP contribution in [0.15, 0.2) is 11.6 Å². The Morgan fingerprint density at radius 1 is 1.35 bits per heavy atom. The largest absolute Gasteiger partial charge is 0.481 e. The van der Waals surface area contributed by atoms with Gasteiger partial charge < -0.3 is 10.2 Å². The first-order chi connectivity index (χ1) is 10.8. The molecule has 6 unspecified atom stereocenters. The van der Waals surface area contributed by atoms with Crippen molar-refractivity contribution in [2.45, 2.75) is 78.7 Å². The second-order valence-corrected chi connectivity index (χ2v) is 8.34. The van der Waals surface area contributed by atoms with Crippen LogP contribution in [0.4, 0.5) is 0 Å². The highest BCUT2D eigenvalue weighted by Gasteiger charge is 2.50. The van der Waals surface area contributed by atoms with Crippen molar-refractivity contribution in [1.82, 2.24) is 0 Å². The molecule has 0 radical (unpaired) electrons. The van der Waals surface area contributed by atoms with Crippen molar-refractivity contribution in [3.8, 4) is 0 Å². The highest BCUT2D eigenvalue weighted by molar-refractivity contribution is 5.69. The van der Waals surface area contributed by atoms with Gasteiger partial charge in [0, 0.05) is 0 Å².